The maximum atomic E-state index is 14.3. The number of aliphatic hydroxyl groups is 2. The Kier molecular flexibility index (Phi) is 12.1. The van der Waals surface area contributed by atoms with Crippen molar-refractivity contribution in [2.24, 2.45) is 5.92 Å². The number of amides is 3. The fourth-order valence-electron chi connectivity index (χ4n) is 3.91. The van der Waals surface area contributed by atoms with Gasteiger partial charge in [-0.25, -0.2) is 14.2 Å². The first-order chi connectivity index (χ1) is 18.6. The minimum atomic E-state index is -0.801. The van der Waals surface area contributed by atoms with Crippen molar-refractivity contribution >= 4 is 11.9 Å². The van der Waals surface area contributed by atoms with Gasteiger partial charge in [-0.1, -0.05) is 52.0 Å². The third-order valence-electron chi connectivity index (χ3n) is 5.75. The summed E-state index contributed by atoms with van der Waals surface area (Å²) >= 11 is 0. The maximum absolute atomic E-state index is 14.3. The zero-order valence-electron chi connectivity index (χ0n) is 23.4. The van der Waals surface area contributed by atoms with E-state index in [0.717, 1.165) is 5.56 Å². The monoisotopic (exact) mass is 542 g/mol. The average Bonchev–Trinajstić information content (AvgIpc) is 3.46. The van der Waals surface area contributed by atoms with Gasteiger partial charge in [0.05, 0.1) is 18.8 Å². The van der Waals surface area contributed by atoms with Crippen LogP contribution in [0.4, 0.5) is 9.18 Å². The van der Waals surface area contributed by atoms with Gasteiger partial charge in [-0.15, -0.1) is 0 Å². The quantitative estimate of drug-likeness (QED) is 0.310. The van der Waals surface area contributed by atoms with E-state index in [9.17, 15) is 14.0 Å². The molecule has 4 N–H and O–H groups in total. The second kappa shape index (κ2) is 15.0. The van der Waals surface area contributed by atoms with Crippen molar-refractivity contribution in [3.8, 4) is 17.0 Å². The van der Waals surface area contributed by atoms with Crippen LogP contribution in [0.5, 0.6) is 5.75 Å². The van der Waals surface area contributed by atoms with Crippen LogP contribution in [0.2, 0.25) is 0 Å². The number of nitrogens with zero attached hydrogens (tertiary/aromatic N) is 2. The molecule has 0 aliphatic carbocycles. The number of halogens is 1. The molecule has 39 heavy (non-hydrogen) atoms. The summed E-state index contributed by atoms with van der Waals surface area (Å²) in [5, 5.41) is 20.0. The average molecular weight is 543 g/mol. The van der Waals surface area contributed by atoms with E-state index in [0.29, 0.717) is 28.5 Å². The van der Waals surface area contributed by atoms with Crippen molar-refractivity contribution in [2.75, 3.05) is 19.8 Å². The molecule has 0 spiro atoms. The Morgan fingerprint density at radius 2 is 1.77 bits per heavy atom. The van der Waals surface area contributed by atoms with Crippen molar-refractivity contribution in [2.45, 2.75) is 53.7 Å². The molecule has 212 valence electrons. The molecule has 1 unspecified atom stereocenters. The summed E-state index contributed by atoms with van der Waals surface area (Å²) in [7, 11) is 0. The van der Waals surface area contributed by atoms with E-state index in [4.69, 9.17) is 14.9 Å². The number of aromatic nitrogens is 2. The maximum Gasteiger partial charge on any atom is 0.325 e. The molecular weight excluding hydrogens is 503 g/mol. The summed E-state index contributed by atoms with van der Waals surface area (Å²) in [5.74, 6) is 0.491. The molecule has 2 heterocycles. The van der Waals surface area contributed by atoms with Gasteiger partial charge in [-0.3, -0.25) is 9.69 Å². The number of benzene rings is 2. The molecule has 4 rings (SSSR count). The molecule has 0 saturated carbocycles. The first-order valence-electron chi connectivity index (χ1n) is 13.0. The number of rotatable bonds is 8. The molecule has 2 aromatic carbocycles. The predicted molar refractivity (Wildman–Crippen MR) is 148 cm³/mol. The summed E-state index contributed by atoms with van der Waals surface area (Å²) < 4.78 is 19.5. The number of imidazole rings is 1. The van der Waals surface area contributed by atoms with Gasteiger partial charge >= 0.3 is 6.03 Å². The Hall–Kier alpha value is -3.76. The highest BCUT2D eigenvalue weighted by atomic mass is 19.1. The molecule has 2 atom stereocenters. The van der Waals surface area contributed by atoms with E-state index in [1.54, 1.807) is 25.1 Å². The number of H-pyrrole nitrogens is 1. The normalized spacial score (nSPS) is 14.2. The predicted octanol–water partition coefficient (Wildman–Crippen LogP) is 4.53. The van der Waals surface area contributed by atoms with Crippen molar-refractivity contribution in [3.63, 3.8) is 0 Å². The fraction of sp³-hybridized carbons (Fsp3) is 0.414. The number of hydrogen-bond donors (Lipinski definition) is 4. The van der Waals surface area contributed by atoms with Gasteiger partial charge in [0.2, 0.25) is 0 Å². The second-order valence-corrected chi connectivity index (χ2v) is 9.15. The summed E-state index contributed by atoms with van der Waals surface area (Å²) in [6.07, 6.45) is -0.801. The summed E-state index contributed by atoms with van der Waals surface area (Å²) in [6.45, 7) is 11.3. The number of carbonyl (C=O) groups is 2. The topological polar surface area (TPSA) is 128 Å². The smallest absolute Gasteiger partial charge is 0.325 e. The number of aryl methyl sites for hydroxylation is 2. The first-order valence-corrected chi connectivity index (χ1v) is 13.0. The highest BCUT2D eigenvalue weighted by molar-refractivity contribution is 6.02. The SMILES string of the molecule is CC.Cc1ccc(-c2nc([C@H](C(C)C)N3C(=O)CNC3=O)[nH]c2C)c(F)c1.OCC(O)COc1ccccc1. The number of nitrogens with one attached hydrogen (secondary N) is 2. The van der Waals surface area contributed by atoms with Crippen LogP contribution in [-0.4, -0.2) is 62.9 Å². The lowest BCUT2D eigenvalue weighted by Crippen LogP contribution is -2.38. The fourth-order valence-corrected chi connectivity index (χ4v) is 3.91. The molecule has 1 aromatic heterocycles. The molecule has 1 fully saturated rings. The highest BCUT2D eigenvalue weighted by Crippen LogP contribution is 2.32. The van der Waals surface area contributed by atoms with Gasteiger partial charge in [0.25, 0.3) is 5.91 Å². The molecule has 0 radical (unpaired) electrons. The Labute approximate surface area is 229 Å². The Morgan fingerprint density at radius 1 is 1.10 bits per heavy atom. The molecule has 3 amide bonds. The summed E-state index contributed by atoms with van der Waals surface area (Å²) in [6, 6.07) is 13.2. The van der Waals surface area contributed by atoms with Gasteiger partial charge < -0.3 is 25.3 Å². The lowest BCUT2D eigenvalue weighted by molar-refractivity contribution is -0.127. The standard InChI is InChI=1S/C18H21FN4O2.C9H12O3.C2H6/c1-9(2)16(23-14(24)8-20-18(23)25)17-21-11(4)15(22-17)12-6-5-10(3)7-13(12)19;10-6-8(11)7-12-9-4-2-1-3-5-9;1-2/h5-7,9,16H,8H2,1-4H3,(H,20,25)(H,21,22);1-5,8,10-11H,6-7H2;1-2H3/t16-;;/m0../s1. The van der Waals surface area contributed by atoms with Crippen LogP contribution in [-0.2, 0) is 4.79 Å². The number of ether oxygens (including phenoxy) is 1. The van der Waals surface area contributed by atoms with E-state index in [-0.39, 0.29) is 37.4 Å². The number of para-hydroxylation sites is 1. The van der Waals surface area contributed by atoms with E-state index in [1.165, 1.54) is 11.0 Å². The first kappa shape index (κ1) is 31.5. The van der Waals surface area contributed by atoms with Crippen LogP contribution in [0, 0.1) is 25.6 Å². The third kappa shape index (κ3) is 8.36. The molecule has 9 nitrogen and oxygen atoms in total. The van der Waals surface area contributed by atoms with E-state index >= 15 is 0 Å². The lowest BCUT2D eigenvalue weighted by Gasteiger charge is -2.26. The van der Waals surface area contributed by atoms with Crippen LogP contribution in [0.25, 0.3) is 11.3 Å². The van der Waals surface area contributed by atoms with Crippen LogP contribution in [0.1, 0.15) is 50.8 Å². The van der Waals surface area contributed by atoms with E-state index < -0.39 is 18.2 Å². The number of aromatic amines is 1. The molecule has 1 aliphatic rings. The Morgan fingerprint density at radius 3 is 2.31 bits per heavy atom. The van der Waals surface area contributed by atoms with E-state index in [1.807, 2.05) is 58.9 Å². The summed E-state index contributed by atoms with van der Waals surface area (Å²) in [4.78, 5) is 33.0. The molecule has 10 heteroatoms. The Bertz CT molecular complexity index is 1200. The number of imide groups is 1. The number of hydrogen-bond acceptors (Lipinski definition) is 6. The lowest BCUT2D eigenvalue weighted by atomic mass is 10.0. The second-order valence-electron chi connectivity index (χ2n) is 9.15. The van der Waals surface area contributed by atoms with E-state index in [2.05, 4.69) is 15.3 Å². The number of urea groups is 1. The van der Waals surface area contributed by atoms with Crippen molar-refractivity contribution in [3.05, 3.63) is 71.4 Å². The largest absolute Gasteiger partial charge is 0.491 e. The molecule has 1 saturated heterocycles. The summed E-state index contributed by atoms with van der Waals surface area (Å²) in [5.41, 5.74) is 2.40. The van der Waals surface area contributed by atoms with Crippen molar-refractivity contribution < 1.29 is 28.9 Å². The van der Waals surface area contributed by atoms with Crippen LogP contribution >= 0.6 is 0 Å². The van der Waals surface area contributed by atoms with Crippen LogP contribution in [0.3, 0.4) is 0 Å². The highest BCUT2D eigenvalue weighted by Gasteiger charge is 2.39. The molecule has 1 aliphatic heterocycles. The van der Waals surface area contributed by atoms with Crippen LogP contribution < -0.4 is 10.1 Å². The molecular formula is C29H39FN4O5. The van der Waals surface area contributed by atoms with Gasteiger partial charge in [0, 0.05) is 11.3 Å². The zero-order valence-corrected chi connectivity index (χ0v) is 23.4. The third-order valence-corrected chi connectivity index (χ3v) is 5.75. The molecule has 3 aromatic rings. The number of carbonyl (C=O) groups excluding carboxylic acids is 2. The van der Waals surface area contributed by atoms with Gasteiger partial charge in [-0.05, 0) is 49.6 Å². The Balaban J connectivity index is 0.000000320. The van der Waals surface area contributed by atoms with Gasteiger partial charge in [-0.2, -0.15) is 0 Å². The minimum Gasteiger partial charge on any atom is -0.491 e. The zero-order chi connectivity index (χ0) is 29.1. The van der Waals surface area contributed by atoms with Crippen molar-refractivity contribution in [1.82, 2.24) is 20.2 Å². The van der Waals surface area contributed by atoms with Crippen molar-refractivity contribution in [1.29, 1.82) is 0 Å². The van der Waals surface area contributed by atoms with Gasteiger partial charge in [0.15, 0.2) is 0 Å². The molecule has 0 bridgehead atoms. The van der Waals surface area contributed by atoms with Gasteiger partial charge in [0.1, 0.15) is 36.1 Å². The minimum absolute atomic E-state index is 0.0127. The number of aliphatic hydroxyl groups excluding tert-OH is 2. The van der Waals surface area contributed by atoms with Crippen LogP contribution in [0.15, 0.2) is 48.5 Å².